The van der Waals surface area contributed by atoms with Crippen molar-refractivity contribution in [3.63, 3.8) is 0 Å². The first kappa shape index (κ1) is 11.4. The average molecular weight is 220 g/mol. The second kappa shape index (κ2) is 5.28. The van der Waals surface area contributed by atoms with Crippen molar-refractivity contribution >= 4 is 5.78 Å². The number of carbonyl (C=O) groups is 1. The predicted octanol–water partition coefficient (Wildman–Crippen LogP) is 2.50. The van der Waals surface area contributed by atoms with Gasteiger partial charge in [-0.2, -0.15) is 5.10 Å². The van der Waals surface area contributed by atoms with Gasteiger partial charge in [-0.1, -0.05) is 32.1 Å². The van der Waals surface area contributed by atoms with Crippen LogP contribution in [0.2, 0.25) is 0 Å². The van der Waals surface area contributed by atoms with Crippen LogP contribution in [-0.4, -0.2) is 15.6 Å². The zero-order valence-corrected chi connectivity index (χ0v) is 9.98. The number of aryl methyl sites for hydroxylation is 1. The molecule has 3 heteroatoms. The van der Waals surface area contributed by atoms with Crippen LogP contribution in [-0.2, 0) is 18.3 Å². The minimum absolute atomic E-state index is 0.352. The Hall–Kier alpha value is -1.12. The molecule has 1 fully saturated rings. The number of hydrogen-bond acceptors (Lipinski definition) is 2. The zero-order chi connectivity index (χ0) is 11.4. The van der Waals surface area contributed by atoms with Crippen LogP contribution in [0, 0.1) is 5.92 Å². The molecule has 0 spiro atoms. The van der Waals surface area contributed by atoms with Crippen molar-refractivity contribution < 1.29 is 4.79 Å². The first-order valence-corrected chi connectivity index (χ1v) is 6.24. The van der Waals surface area contributed by atoms with Crippen molar-refractivity contribution in [2.75, 3.05) is 0 Å². The highest BCUT2D eigenvalue weighted by atomic mass is 16.1. The molecular formula is C13H20N2O. The second-order valence-corrected chi connectivity index (χ2v) is 4.90. The van der Waals surface area contributed by atoms with Gasteiger partial charge in [0.1, 0.15) is 5.78 Å². The van der Waals surface area contributed by atoms with Gasteiger partial charge in [-0.3, -0.25) is 9.48 Å². The van der Waals surface area contributed by atoms with E-state index in [1.165, 1.54) is 32.1 Å². The zero-order valence-electron chi connectivity index (χ0n) is 9.98. The van der Waals surface area contributed by atoms with Gasteiger partial charge in [0.2, 0.25) is 0 Å². The standard InChI is InChI=1S/C13H20N2O/c1-15-8-7-12(14-15)10-13(16)9-11-5-3-2-4-6-11/h7-8,11H,2-6,9-10H2,1H3. The monoisotopic (exact) mass is 220 g/mol. The first-order valence-electron chi connectivity index (χ1n) is 6.24. The van der Waals surface area contributed by atoms with Crippen LogP contribution in [0.15, 0.2) is 12.3 Å². The van der Waals surface area contributed by atoms with Crippen molar-refractivity contribution in [1.82, 2.24) is 9.78 Å². The van der Waals surface area contributed by atoms with Gasteiger partial charge in [-0.05, 0) is 12.0 Å². The van der Waals surface area contributed by atoms with E-state index in [1.54, 1.807) is 4.68 Å². The fraction of sp³-hybridized carbons (Fsp3) is 0.692. The molecule has 1 heterocycles. The highest BCUT2D eigenvalue weighted by molar-refractivity contribution is 5.80. The average Bonchev–Trinajstić information content (AvgIpc) is 2.65. The lowest BCUT2D eigenvalue weighted by atomic mass is 9.85. The number of aromatic nitrogens is 2. The SMILES string of the molecule is Cn1ccc(CC(=O)CC2CCCCC2)n1. The van der Waals surface area contributed by atoms with E-state index in [4.69, 9.17) is 0 Å². The largest absolute Gasteiger partial charge is 0.299 e. The fourth-order valence-corrected chi connectivity index (χ4v) is 2.54. The van der Waals surface area contributed by atoms with Gasteiger partial charge < -0.3 is 0 Å². The summed E-state index contributed by atoms with van der Waals surface area (Å²) < 4.78 is 1.75. The normalized spacial score (nSPS) is 17.6. The smallest absolute Gasteiger partial charge is 0.139 e. The Bertz CT molecular complexity index is 351. The molecule has 1 saturated carbocycles. The molecule has 0 amide bonds. The van der Waals surface area contributed by atoms with Gasteiger partial charge in [0.15, 0.2) is 0 Å². The van der Waals surface area contributed by atoms with E-state index in [2.05, 4.69) is 5.10 Å². The van der Waals surface area contributed by atoms with Gasteiger partial charge >= 0.3 is 0 Å². The van der Waals surface area contributed by atoms with E-state index in [9.17, 15) is 4.79 Å². The molecule has 0 atom stereocenters. The molecule has 0 N–H and O–H groups in total. The van der Waals surface area contributed by atoms with Crippen molar-refractivity contribution in [3.05, 3.63) is 18.0 Å². The molecule has 0 saturated heterocycles. The van der Waals surface area contributed by atoms with E-state index in [-0.39, 0.29) is 0 Å². The Balaban J connectivity index is 1.79. The molecule has 1 aromatic rings. The van der Waals surface area contributed by atoms with E-state index < -0.39 is 0 Å². The highest BCUT2D eigenvalue weighted by Crippen LogP contribution is 2.26. The summed E-state index contributed by atoms with van der Waals surface area (Å²) in [4.78, 5) is 11.8. The number of carbonyl (C=O) groups excluding carboxylic acids is 1. The Morgan fingerprint density at radius 1 is 1.44 bits per heavy atom. The van der Waals surface area contributed by atoms with Gasteiger partial charge in [0.25, 0.3) is 0 Å². The van der Waals surface area contributed by atoms with Crippen LogP contribution in [0.25, 0.3) is 0 Å². The van der Waals surface area contributed by atoms with Crippen LogP contribution < -0.4 is 0 Å². The van der Waals surface area contributed by atoms with Crippen LogP contribution in [0.1, 0.15) is 44.2 Å². The molecule has 0 unspecified atom stereocenters. The van der Waals surface area contributed by atoms with Crippen LogP contribution in [0.4, 0.5) is 0 Å². The minimum Gasteiger partial charge on any atom is -0.299 e. The summed E-state index contributed by atoms with van der Waals surface area (Å²) in [5.74, 6) is 0.996. The lowest BCUT2D eigenvalue weighted by molar-refractivity contribution is -0.119. The minimum atomic E-state index is 0.352. The molecule has 1 aliphatic carbocycles. The summed E-state index contributed by atoms with van der Waals surface area (Å²) in [5, 5.41) is 4.24. The summed E-state index contributed by atoms with van der Waals surface area (Å²) in [6.45, 7) is 0. The first-order chi connectivity index (χ1) is 7.74. The molecule has 16 heavy (non-hydrogen) atoms. The van der Waals surface area contributed by atoms with Crippen LogP contribution >= 0.6 is 0 Å². The van der Waals surface area contributed by atoms with Gasteiger partial charge in [0.05, 0.1) is 12.1 Å². The molecule has 0 bridgehead atoms. The van der Waals surface area contributed by atoms with Crippen molar-refractivity contribution in [2.45, 2.75) is 44.9 Å². The number of ketones is 1. The Morgan fingerprint density at radius 2 is 2.19 bits per heavy atom. The highest BCUT2D eigenvalue weighted by Gasteiger charge is 2.17. The lowest BCUT2D eigenvalue weighted by Crippen LogP contribution is -2.14. The second-order valence-electron chi connectivity index (χ2n) is 4.90. The van der Waals surface area contributed by atoms with Gasteiger partial charge in [0, 0.05) is 19.7 Å². The predicted molar refractivity (Wildman–Crippen MR) is 63.1 cm³/mol. The summed E-state index contributed by atoms with van der Waals surface area (Å²) >= 11 is 0. The molecule has 0 aliphatic heterocycles. The summed E-state index contributed by atoms with van der Waals surface area (Å²) in [5.41, 5.74) is 0.906. The Labute approximate surface area is 96.8 Å². The van der Waals surface area contributed by atoms with Crippen LogP contribution in [0.3, 0.4) is 0 Å². The third-order valence-electron chi connectivity index (χ3n) is 3.39. The Kier molecular flexibility index (Phi) is 3.75. The van der Waals surface area contributed by atoms with Gasteiger partial charge in [-0.25, -0.2) is 0 Å². The maximum Gasteiger partial charge on any atom is 0.139 e. The quantitative estimate of drug-likeness (QED) is 0.781. The van der Waals surface area contributed by atoms with Crippen molar-refractivity contribution in [1.29, 1.82) is 0 Å². The third-order valence-corrected chi connectivity index (χ3v) is 3.39. The van der Waals surface area contributed by atoms with Crippen molar-refractivity contribution in [2.24, 2.45) is 13.0 Å². The molecule has 88 valence electrons. The number of nitrogens with zero attached hydrogens (tertiary/aromatic N) is 2. The third kappa shape index (κ3) is 3.19. The number of Topliss-reactive ketones (excluding diaryl/α,β-unsaturated/α-hetero) is 1. The summed E-state index contributed by atoms with van der Waals surface area (Å²) in [7, 11) is 1.88. The molecule has 0 aromatic carbocycles. The van der Waals surface area contributed by atoms with E-state index in [1.807, 2.05) is 19.3 Å². The molecule has 1 aromatic heterocycles. The summed E-state index contributed by atoms with van der Waals surface area (Å²) in [6.07, 6.45) is 9.62. The van der Waals surface area contributed by atoms with E-state index in [0.717, 1.165) is 12.1 Å². The Morgan fingerprint density at radius 3 is 2.81 bits per heavy atom. The molecule has 3 nitrogen and oxygen atoms in total. The molecule has 0 radical (unpaired) electrons. The molecular weight excluding hydrogens is 200 g/mol. The maximum atomic E-state index is 11.8. The van der Waals surface area contributed by atoms with E-state index in [0.29, 0.717) is 18.1 Å². The van der Waals surface area contributed by atoms with Crippen molar-refractivity contribution in [3.8, 4) is 0 Å². The van der Waals surface area contributed by atoms with Gasteiger partial charge in [-0.15, -0.1) is 0 Å². The van der Waals surface area contributed by atoms with E-state index >= 15 is 0 Å². The number of rotatable bonds is 4. The fourth-order valence-electron chi connectivity index (χ4n) is 2.54. The molecule has 1 aliphatic rings. The van der Waals surface area contributed by atoms with Crippen LogP contribution in [0.5, 0.6) is 0 Å². The number of hydrogen-bond donors (Lipinski definition) is 0. The summed E-state index contributed by atoms with van der Waals surface area (Å²) in [6, 6.07) is 1.93. The topological polar surface area (TPSA) is 34.9 Å². The maximum absolute atomic E-state index is 11.8. The molecule has 2 rings (SSSR count). The lowest BCUT2D eigenvalue weighted by Gasteiger charge is -2.20.